The third kappa shape index (κ3) is 3.10. The fourth-order valence-electron chi connectivity index (χ4n) is 0.465. The van der Waals surface area contributed by atoms with Crippen LogP contribution in [0.2, 0.25) is 0 Å². The highest BCUT2D eigenvalue weighted by Crippen LogP contribution is 2.00. The van der Waals surface area contributed by atoms with Gasteiger partial charge in [0.15, 0.2) is 0 Å². The van der Waals surface area contributed by atoms with Crippen molar-refractivity contribution in [3.63, 3.8) is 0 Å². The van der Waals surface area contributed by atoms with Gasteiger partial charge < -0.3 is 4.74 Å². The van der Waals surface area contributed by atoms with E-state index in [0.717, 1.165) is 0 Å². The molecule has 0 bridgehead atoms. The molecule has 0 spiro atoms. The van der Waals surface area contributed by atoms with Crippen molar-refractivity contribution >= 4 is 5.97 Å². The Labute approximate surface area is 70.3 Å². The van der Waals surface area contributed by atoms with Crippen LogP contribution in [0.25, 0.3) is 0 Å². The lowest BCUT2D eigenvalue weighted by Crippen LogP contribution is -2.23. The number of carbonyl (C=O) groups is 1. The number of hydrogen-bond acceptors (Lipinski definition) is 5. The topological polar surface area (TPSA) is 79.5 Å². The molecule has 0 aromatic carbocycles. The summed E-state index contributed by atoms with van der Waals surface area (Å²) in [6.45, 7) is 3.50. The van der Waals surface area contributed by atoms with Crippen LogP contribution in [0.15, 0.2) is 5.18 Å². The number of carbonyl (C=O) groups excluding carboxylic acids is 1. The molecule has 0 saturated heterocycles. The maximum Gasteiger partial charge on any atom is 0.349 e. The van der Waals surface area contributed by atoms with Crippen molar-refractivity contribution in [3.05, 3.63) is 4.91 Å². The second-order valence-electron chi connectivity index (χ2n) is 2.29. The first kappa shape index (κ1) is 10.6. The van der Waals surface area contributed by atoms with Gasteiger partial charge >= 0.3 is 5.97 Å². The first-order chi connectivity index (χ1) is 5.65. The van der Waals surface area contributed by atoms with Crippen LogP contribution in [0.4, 0.5) is 0 Å². The van der Waals surface area contributed by atoms with Gasteiger partial charge in [-0.15, -0.1) is 4.91 Å². The summed E-state index contributed by atoms with van der Waals surface area (Å²) >= 11 is 0. The summed E-state index contributed by atoms with van der Waals surface area (Å²) in [6.07, 6.45) is 0.359. The van der Waals surface area contributed by atoms with Gasteiger partial charge in [-0.1, -0.05) is 6.92 Å². The number of rotatable bonds is 4. The van der Waals surface area contributed by atoms with Crippen LogP contribution in [0.1, 0.15) is 20.3 Å². The van der Waals surface area contributed by atoms with Gasteiger partial charge in [0.25, 0.3) is 6.04 Å². The number of esters is 1. The predicted octanol–water partition coefficient (Wildman–Crippen LogP) is 0.987. The van der Waals surface area contributed by atoms with Crippen molar-refractivity contribution in [2.45, 2.75) is 32.4 Å². The fourth-order valence-corrected chi connectivity index (χ4v) is 0.465. The lowest BCUT2D eigenvalue weighted by molar-refractivity contribution is -0.148. The molecule has 0 heterocycles. The van der Waals surface area contributed by atoms with Crippen molar-refractivity contribution in [1.82, 2.24) is 0 Å². The van der Waals surface area contributed by atoms with Crippen molar-refractivity contribution < 1.29 is 9.53 Å². The summed E-state index contributed by atoms with van der Waals surface area (Å²) in [5, 5.41) is 10.5. The summed E-state index contributed by atoms with van der Waals surface area (Å²) < 4.78 is 4.69. The van der Waals surface area contributed by atoms with Crippen molar-refractivity contribution in [2.24, 2.45) is 5.18 Å². The average Bonchev–Trinajstić information content (AvgIpc) is 2.06. The zero-order chi connectivity index (χ0) is 9.56. The molecule has 0 aliphatic heterocycles. The molecule has 2 unspecified atom stereocenters. The summed E-state index contributed by atoms with van der Waals surface area (Å²) in [5.41, 5.74) is 0. The summed E-state index contributed by atoms with van der Waals surface area (Å²) in [5.74, 6) is -0.873. The van der Waals surface area contributed by atoms with Crippen LogP contribution in [0.5, 0.6) is 0 Å². The van der Waals surface area contributed by atoms with Crippen LogP contribution in [0.3, 0.4) is 0 Å². The molecule has 5 heteroatoms. The highest BCUT2D eigenvalue weighted by Gasteiger charge is 2.21. The molecule has 0 amide bonds. The molecule has 66 valence electrons. The molecular formula is C7H10N2O3. The van der Waals surface area contributed by atoms with Crippen molar-refractivity contribution in [3.8, 4) is 6.07 Å². The third-order valence-electron chi connectivity index (χ3n) is 1.34. The third-order valence-corrected chi connectivity index (χ3v) is 1.34. The SMILES string of the molecule is CCC(C)OC(=O)C(C#N)N=O. The van der Waals surface area contributed by atoms with E-state index < -0.39 is 12.0 Å². The standard InChI is InChI=1S/C7H10N2O3/c1-3-5(2)12-7(10)6(4-8)9-11/h5-6H,3H2,1-2H3. The van der Waals surface area contributed by atoms with Gasteiger partial charge in [-0.05, 0) is 18.5 Å². The van der Waals surface area contributed by atoms with E-state index in [9.17, 15) is 9.70 Å². The molecular weight excluding hydrogens is 160 g/mol. The molecule has 0 aromatic heterocycles. The minimum Gasteiger partial charge on any atom is -0.460 e. The van der Waals surface area contributed by atoms with Gasteiger partial charge in [0.05, 0.1) is 6.10 Å². The normalized spacial score (nSPS) is 14.1. The van der Waals surface area contributed by atoms with E-state index in [0.29, 0.717) is 6.42 Å². The Hall–Kier alpha value is -1.44. The molecule has 0 aliphatic rings. The Bertz CT molecular complexity index is 209. The number of nitrogens with zero attached hydrogens (tertiary/aromatic N) is 2. The predicted molar refractivity (Wildman–Crippen MR) is 41.0 cm³/mol. The van der Waals surface area contributed by atoms with Crippen LogP contribution >= 0.6 is 0 Å². The Kier molecular flexibility index (Phi) is 4.61. The first-order valence-corrected chi connectivity index (χ1v) is 3.58. The van der Waals surface area contributed by atoms with E-state index in [-0.39, 0.29) is 6.10 Å². The van der Waals surface area contributed by atoms with Crippen LogP contribution in [0, 0.1) is 16.2 Å². The number of hydrogen-bond donors (Lipinski definition) is 0. The van der Waals surface area contributed by atoms with E-state index in [2.05, 4.69) is 9.91 Å². The second kappa shape index (κ2) is 5.24. The van der Waals surface area contributed by atoms with Crippen molar-refractivity contribution in [1.29, 1.82) is 5.26 Å². The molecule has 5 nitrogen and oxygen atoms in total. The second-order valence-corrected chi connectivity index (χ2v) is 2.29. The fraction of sp³-hybridized carbons (Fsp3) is 0.714. The van der Waals surface area contributed by atoms with E-state index in [4.69, 9.17) is 5.26 Å². The van der Waals surface area contributed by atoms with Gasteiger partial charge in [-0.2, -0.15) is 5.26 Å². The van der Waals surface area contributed by atoms with Gasteiger partial charge in [-0.25, -0.2) is 4.79 Å². The Balaban J connectivity index is 4.03. The van der Waals surface area contributed by atoms with Crippen molar-refractivity contribution in [2.75, 3.05) is 0 Å². The van der Waals surface area contributed by atoms with Gasteiger partial charge in [-0.3, -0.25) is 0 Å². The molecule has 0 radical (unpaired) electrons. The lowest BCUT2D eigenvalue weighted by Gasteiger charge is -2.09. The zero-order valence-electron chi connectivity index (χ0n) is 6.98. The highest BCUT2D eigenvalue weighted by atomic mass is 16.5. The van der Waals surface area contributed by atoms with Crippen LogP contribution in [-0.2, 0) is 9.53 Å². The molecule has 0 rings (SSSR count). The van der Waals surface area contributed by atoms with Gasteiger partial charge in [0.1, 0.15) is 6.07 Å². The van der Waals surface area contributed by atoms with Crippen LogP contribution in [-0.4, -0.2) is 18.1 Å². The Morgan fingerprint density at radius 3 is 2.67 bits per heavy atom. The first-order valence-electron chi connectivity index (χ1n) is 3.58. The van der Waals surface area contributed by atoms with Gasteiger partial charge in [0, 0.05) is 0 Å². The quantitative estimate of drug-likeness (QED) is 0.465. The minimum absolute atomic E-state index is 0.282. The monoisotopic (exact) mass is 170 g/mol. The van der Waals surface area contributed by atoms with E-state index in [1.54, 1.807) is 6.92 Å². The summed E-state index contributed by atoms with van der Waals surface area (Å²) in [7, 11) is 0. The largest absolute Gasteiger partial charge is 0.460 e. The molecule has 0 N–H and O–H groups in total. The smallest absolute Gasteiger partial charge is 0.349 e. The average molecular weight is 170 g/mol. The van der Waals surface area contributed by atoms with E-state index in [1.165, 1.54) is 6.07 Å². The summed E-state index contributed by atoms with van der Waals surface area (Å²) in [4.78, 5) is 20.7. The molecule has 0 fully saturated rings. The Morgan fingerprint density at radius 1 is 1.75 bits per heavy atom. The number of ether oxygens (including phenoxy) is 1. The maximum atomic E-state index is 10.8. The molecule has 0 aromatic rings. The van der Waals surface area contributed by atoms with E-state index >= 15 is 0 Å². The minimum atomic E-state index is -1.53. The molecule has 0 saturated carbocycles. The number of nitriles is 1. The lowest BCUT2D eigenvalue weighted by atomic mass is 10.3. The Morgan fingerprint density at radius 2 is 2.33 bits per heavy atom. The van der Waals surface area contributed by atoms with Gasteiger partial charge in [0.2, 0.25) is 0 Å². The maximum absolute atomic E-state index is 10.8. The highest BCUT2D eigenvalue weighted by molar-refractivity contribution is 5.79. The molecule has 0 aliphatic carbocycles. The van der Waals surface area contributed by atoms with Crippen LogP contribution < -0.4 is 0 Å². The zero-order valence-corrected chi connectivity index (χ0v) is 6.98. The molecule has 12 heavy (non-hydrogen) atoms. The summed E-state index contributed by atoms with van der Waals surface area (Å²) in [6, 6.07) is -0.101. The number of nitroso groups, excluding NO2 is 1. The molecule has 2 atom stereocenters. The van der Waals surface area contributed by atoms with E-state index in [1.807, 2.05) is 6.92 Å².